The van der Waals surface area contributed by atoms with Crippen LogP contribution < -0.4 is 0 Å². The van der Waals surface area contributed by atoms with E-state index in [1.807, 2.05) is 0 Å². The van der Waals surface area contributed by atoms with Crippen molar-refractivity contribution in [2.24, 2.45) is 0 Å². The van der Waals surface area contributed by atoms with E-state index in [9.17, 15) is 35.1 Å². The average molecular weight is 462 g/mol. The van der Waals surface area contributed by atoms with E-state index in [0.717, 1.165) is 22.7 Å². The Morgan fingerprint density at radius 1 is 0.400 bits per heavy atom. The minimum Gasteiger partial charge on any atom is -0.204 e. The Morgan fingerprint density at radius 3 is 0.967 bits per heavy atom. The fourth-order valence-corrected chi connectivity index (χ4v) is 4.96. The Bertz CT molecular complexity index is 1140. The molecule has 2 aromatic carbocycles. The van der Waals surface area contributed by atoms with Gasteiger partial charge in [0.25, 0.3) is 0 Å². The van der Waals surface area contributed by atoms with Gasteiger partial charge in [-0.05, 0) is 24.3 Å². The minimum absolute atomic E-state index is 0.0927. The standard InChI is InChI=1S/C20H6F8S2/c21-7-5-8(22)18(26)15(17(7)25)13-3-1-11(29-13)12-2-4-14(30-12)16-19(27)9(23)6-10(24)20(16)28/h1-6H. The molecule has 0 spiro atoms. The summed E-state index contributed by atoms with van der Waals surface area (Å²) in [5.41, 5.74) is -1.77. The third-order valence-corrected chi connectivity index (χ3v) is 6.57. The summed E-state index contributed by atoms with van der Waals surface area (Å²) in [6.45, 7) is 0. The SMILES string of the molecule is Fc1cc(F)c(F)c(-c2ccc(-c3ccc(-c4c(F)c(F)cc(F)c4F)s3)s2)c1F. The molecular formula is C20H6F8S2. The Morgan fingerprint density at radius 2 is 0.667 bits per heavy atom. The molecule has 154 valence electrons. The van der Waals surface area contributed by atoms with Gasteiger partial charge in [0, 0.05) is 31.6 Å². The van der Waals surface area contributed by atoms with Gasteiger partial charge < -0.3 is 0 Å². The molecule has 0 nitrogen and oxygen atoms in total. The van der Waals surface area contributed by atoms with Crippen molar-refractivity contribution < 1.29 is 35.1 Å². The summed E-state index contributed by atoms with van der Waals surface area (Å²) in [6.07, 6.45) is 0. The number of hydrogen-bond donors (Lipinski definition) is 0. The molecule has 0 fully saturated rings. The third-order valence-electron chi connectivity index (χ3n) is 4.17. The number of benzene rings is 2. The first kappa shape index (κ1) is 20.5. The van der Waals surface area contributed by atoms with Crippen molar-refractivity contribution in [3.63, 3.8) is 0 Å². The number of halogens is 8. The van der Waals surface area contributed by atoms with Gasteiger partial charge in [-0.2, -0.15) is 0 Å². The summed E-state index contributed by atoms with van der Waals surface area (Å²) in [7, 11) is 0. The van der Waals surface area contributed by atoms with Crippen molar-refractivity contribution in [3.05, 3.63) is 82.9 Å². The first-order valence-corrected chi connectivity index (χ1v) is 9.69. The number of thiophene rings is 2. The monoisotopic (exact) mass is 462 g/mol. The van der Waals surface area contributed by atoms with E-state index >= 15 is 0 Å². The molecule has 4 rings (SSSR count). The van der Waals surface area contributed by atoms with Crippen molar-refractivity contribution in [3.8, 4) is 30.6 Å². The summed E-state index contributed by atoms with van der Waals surface area (Å²) in [5.74, 6) is -12.5. The molecule has 10 heteroatoms. The van der Waals surface area contributed by atoms with E-state index in [1.165, 1.54) is 24.3 Å². The first-order chi connectivity index (χ1) is 14.2. The lowest BCUT2D eigenvalue weighted by atomic mass is 10.1. The van der Waals surface area contributed by atoms with E-state index in [0.29, 0.717) is 9.75 Å². The molecule has 0 saturated heterocycles. The van der Waals surface area contributed by atoms with Crippen LogP contribution in [0, 0.1) is 46.5 Å². The molecule has 0 aliphatic heterocycles. The van der Waals surface area contributed by atoms with Gasteiger partial charge in [-0.1, -0.05) is 0 Å². The second-order valence-electron chi connectivity index (χ2n) is 6.01. The zero-order chi connectivity index (χ0) is 21.7. The smallest absolute Gasteiger partial charge is 0.170 e. The highest BCUT2D eigenvalue weighted by Gasteiger charge is 2.24. The quantitative estimate of drug-likeness (QED) is 0.214. The topological polar surface area (TPSA) is 0 Å². The lowest BCUT2D eigenvalue weighted by Crippen LogP contribution is -1.97. The van der Waals surface area contributed by atoms with Crippen LogP contribution in [0.2, 0.25) is 0 Å². The molecule has 0 saturated carbocycles. The normalized spacial score (nSPS) is 11.3. The predicted octanol–water partition coefficient (Wildman–Crippen LogP) is 7.92. The molecule has 2 heterocycles. The molecule has 0 unspecified atom stereocenters. The fraction of sp³-hybridized carbons (Fsp3) is 0. The molecule has 0 amide bonds. The summed E-state index contributed by atoms with van der Waals surface area (Å²) in [6, 6.07) is 5.41. The van der Waals surface area contributed by atoms with Crippen molar-refractivity contribution in [1.29, 1.82) is 0 Å². The number of hydrogen-bond acceptors (Lipinski definition) is 2. The van der Waals surface area contributed by atoms with Crippen LogP contribution in [0.4, 0.5) is 35.1 Å². The van der Waals surface area contributed by atoms with E-state index < -0.39 is 57.7 Å². The summed E-state index contributed by atoms with van der Waals surface area (Å²) >= 11 is 1.54. The van der Waals surface area contributed by atoms with E-state index in [1.54, 1.807) is 0 Å². The van der Waals surface area contributed by atoms with Crippen LogP contribution in [0.5, 0.6) is 0 Å². The van der Waals surface area contributed by atoms with Crippen LogP contribution in [-0.2, 0) is 0 Å². The maximum atomic E-state index is 14.0. The zero-order valence-electron chi connectivity index (χ0n) is 14.3. The summed E-state index contributed by atoms with van der Waals surface area (Å²) in [5, 5.41) is 0. The van der Waals surface area contributed by atoms with Crippen LogP contribution in [-0.4, -0.2) is 0 Å². The summed E-state index contributed by atoms with van der Waals surface area (Å²) in [4.78, 5) is 0.454. The Labute approximate surface area is 171 Å². The highest BCUT2D eigenvalue weighted by molar-refractivity contribution is 7.25. The molecule has 0 aliphatic carbocycles. The van der Waals surface area contributed by atoms with E-state index in [2.05, 4.69) is 0 Å². The minimum atomic E-state index is -1.56. The van der Waals surface area contributed by atoms with Crippen molar-refractivity contribution >= 4 is 22.7 Å². The molecule has 4 aromatic rings. The molecule has 2 aromatic heterocycles. The Hall–Kier alpha value is -2.72. The Balaban J connectivity index is 1.77. The molecule has 0 radical (unpaired) electrons. The third kappa shape index (κ3) is 3.29. The van der Waals surface area contributed by atoms with Gasteiger partial charge in [0.15, 0.2) is 46.5 Å². The van der Waals surface area contributed by atoms with Crippen molar-refractivity contribution in [2.45, 2.75) is 0 Å². The van der Waals surface area contributed by atoms with Gasteiger partial charge >= 0.3 is 0 Å². The molecule has 30 heavy (non-hydrogen) atoms. The van der Waals surface area contributed by atoms with Gasteiger partial charge in [0.05, 0.1) is 11.1 Å². The maximum Gasteiger partial charge on any atom is 0.170 e. The van der Waals surface area contributed by atoms with Gasteiger partial charge in [0.2, 0.25) is 0 Å². The largest absolute Gasteiger partial charge is 0.204 e. The van der Waals surface area contributed by atoms with Gasteiger partial charge in [0.1, 0.15) is 0 Å². The molecular weight excluding hydrogens is 456 g/mol. The van der Waals surface area contributed by atoms with Crippen LogP contribution in [0.25, 0.3) is 30.6 Å². The van der Waals surface area contributed by atoms with Gasteiger partial charge in [-0.25, -0.2) is 35.1 Å². The molecule has 0 aliphatic rings. The summed E-state index contributed by atoms with van der Waals surface area (Å²) < 4.78 is 110. The lowest BCUT2D eigenvalue weighted by molar-refractivity contribution is 0.458. The maximum absolute atomic E-state index is 14.0. The van der Waals surface area contributed by atoms with Crippen LogP contribution in [0.1, 0.15) is 0 Å². The second kappa shape index (κ2) is 7.51. The van der Waals surface area contributed by atoms with Crippen LogP contribution >= 0.6 is 22.7 Å². The number of rotatable bonds is 3. The van der Waals surface area contributed by atoms with E-state index in [-0.39, 0.29) is 21.9 Å². The highest BCUT2D eigenvalue weighted by atomic mass is 32.1. The zero-order valence-corrected chi connectivity index (χ0v) is 15.9. The average Bonchev–Trinajstić information content (AvgIpc) is 3.35. The van der Waals surface area contributed by atoms with Gasteiger partial charge in [-0.15, -0.1) is 22.7 Å². The molecule has 0 atom stereocenters. The fourth-order valence-electron chi connectivity index (χ4n) is 2.79. The van der Waals surface area contributed by atoms with Crippen molar-refractivity contribution in [1.82, 2.24) is 0 Å². The second-order valence-corrected chi connectivity index (χ2v) is 8.18. The van der Waals surface area contributed by atoms with Crippen molar-refractivity contribution in [2.75, 3.05) is 0 Å². The van der Waals surface area contributed by atoms with Crippen LogP contribution in [0.3, 0.4) is 0 Å². The first-order valence-electron chi connectivity index (χ1n) is 8.05. The lowest BCUT2D eigenvalue weighted by Gasteiger charge is -2.04. The molecule has 0 N–H and O–H groups in total. The predicted molar refractivity (Wildman–Crippen MR) is 98.2 cm³/mol. The highest BCUT2D eigenvalue weighted by Crippen LogP contribution is 2.43. The van der Waals surface area contributed by atoms with E-state index in [4.69, 9.17) is 0 Å². The van der Waals surface area contributed by atoms with Gasteiger partial charge in [-0.3, -0.25) is 0 Å². The molecule has 0 bridgehead atoms. The Kier molecular flexibility index (Phi) is 5.15. The van der Waals surface area contributed by atoms with Crippen LogP contribution in [0.15, 0.2) is 36.4 Å².